The van der Waals surface area contributed by atoms with Crippen molar-refractivity contribution in [1.29, 1.82) is 0 Å². The molecule has 0 unspecified atom stereocenters. The molecule has 2 aromatic heterocycles. The number of fused-ring (bicyclic) bond motifs is 1. The van der Waals surface area contributed by atoms with Crippen LogP contribution in [0, 0.1) is 0 Å². The summed E-state index contributed by atoms with van der Waals surface area (Å²) in [4.78, 5) is 27.5. The molecule has 3 N–H and O–H groups in total. The average Bonchev–Trinajstić information content (AvgIpc) is 2.81. The van der Waals surface area contributed by atoms with Crippen molar-refractivity contribution in [3.05, 3.63) is 57.4 Å². The fraction of sp³-hybridized carbons (Fsp3) is 0.0769. The zero-order valence-electron chi connectivity index (χ0n) is 11.5. The minimum Gasteiger partial charge on any atom is -0.316 e. The van der Waals surface area contributed by atoms with E-state index in [0.29, 0.717) is 11.0 Å². The van der Waals surface area contributed by atoms with Crippen LogP contribution >= 0.6 is 0 Å². The van der Waals surface area contributed by atoms with E-state index in [4.69, 9.17) is 0 Å². The summed E-state index contributed by atoms with van der Waals surface area (Å²) in [6.07, 6.45) is 1.39. The van der Waals surface area contributed by atoms with Crippen LogP contribution in [0.15, 0.2) is 51.0 Å². The minimum absolute atomic E-state index is 0.00380. The van der Waals surface area contributed by atoms with Crippen LogP contribution in [0.25, 0.3) is 11.0 Å². The Hall–Kier alpha value is -2.81. The van der Waals surface area contributed by atoms with Gasteiger partial charge in [0.15, 0.2) is 0 Å². The third-order valence-electron chi connectivity index (χ3n) is 3.14. The van der Waals surface area contributed by atoms with Crippen LogP contribution in [0.1, 0.15) is 0 Å². The second-order valence-electron chi connectivity index (χ2n) is 4.76. The number of aromatic nitrogens is 3. The van der Waals surface area contributed by atoms with Crippen molar-refractivity contribution in [2.75, 3.05) is 4.72 Å². The van der Waals surface area contributed by atoms with Crippen LogP contribution < -0.4 is 16.0 Å². The quantitative estimate of drug-likeness (QED) is 0.645. The number of nitrogens with zero attached hydrogens (tertiary/aromatic N) is 1. The first-order chi connectivity index (χ1) is 10.3. The third kappa shape index (κ3) is 2.53. The minimum atomic E-state index is -3.83. The highest BCUT2D eigenvalue weighted by Gasteiger charge is 2.15. The molecular formula is C13H12N4O4S. The summed E-state index contributed by atoms with van der Waals surface area (Å²) in [5, 5.41) is 0. The zero-order valence-corrected chi connectivity index (χ0v) is 12.3. The topological polar surface area (TPSA) is 117 Å². The Balaban J connectivity index is 2.01. The highest BCUT2D eigenvalue weighted by molar-refractivity contribution is 7.92. The summed E-state index contributed by atoms with van der Waals surface area (Å²) in [6, 6.07) is 6.90. The molecule has 8 nitrogen and oxygen atoms in total. The standard InChI is InChI=1S/C13H12N4O4S/c1-17-7-8(2-5-12(17)18)16-22(20,21)9-3-4-10-11(6-9)15-13(19)14-10/h2-7,16H,1H3,(H2,14,15,19). The van der Waals surface area contributed by atoms with Gasteiger partial charge in [-0.1, -0.05) is 0 Å². The lowest BCUT2D eigenvalue weighted by Crippen LogP contribution is -2.18. The number of aromatic amines is 2. The van der Waals surface area contributed by atoms with Gasteiger partial charge in [0.2, 0.25) is 5.56 Å². The molecule has 22 heavy (non-hydrogen) atoms. The molecule has 0 saturated carbocycles. The van der Waals surface area contributed by atoms with Crippen molar-refractivity contribution in [3.8, 4) is 0 Å². The lowest BCUT2D eigenvalue weighted by atomic mass is 10.3. The van der Waals surface area contributed by atoms with Gasteiger partial charge in [-0.2, -0.15) is 0 Å². The Morgan fingerprint density at radius 1 is 1.05 bits per heavy atom. The van der Waals surface area contributed by atoms with E-state index < -0.39 is 15.7 Å². The molecular weight excluding hydrogens is 308 g/mol. The molecule has 2 heterocycles. The number of rotatable bonds is 3. The Morgan fingerprint density at radius 2 is 1.77 bits per heavy atom. The maximum atomic E-state index is 12.3. The van der Waals surface area contributed by atoms with Crippen molar-refractivity contribution >= 4 is 26.7 Å². The molecule has 0 fully saturated rings. The molecule has 3 aromatic rings. The molecule has 0 amide bonds. The van der Waals surface area contributed by atoms with E-state index in [1.54, 1.807) is 0 Å². The summed E-state index contributed by atoms with van der Waals surface area (Å²) >= 11 is 0. The number of sulfonamides is 1. The first-order valence-electron chi connectivity index (χ1n) is 6.27. The first kappa shape index (κ1) is 14.1. The molecule has 0 saturated heterocycles. The highest BCUT2D eigenvalue weighted by atomic mass is 32.2. The van der Waals surface area contributed by atoms with E-state index in [9.17, 15) is 18.0 Å². The number of nitrogens with one attached hydrogen (secondary N) is 3. The lowest BCUT2D eigenvalue weighted by molar-refractivity contribution is 0.601. The van der Waals surface area contributed by atoms with Gasteiger partial charge in [-0.3, -0.25) is 9.52 Å². The number of pyridine rings is 1. The van der Waals surface area contributed by atoms with Crippen LogP contribution in [0.3, 0.4) is 0 Å². The molecule has 0 aliphatic carbocycles. The molecule has 0 aliphatic heterocycles. The van der Waals surface area contributed by atoms with Gasteiger partial charge in [0.1, 0.15) is 0 Å². The second-order valence-corrected chi connectivity index (χ2v) is 6.44. The SMILES string of the molecule is Cn1cc(NS(=O)(=O)c2ccc3[nH]c(=O)[nH]c3c2)ccc1=O. The van der Waals surface area contributed by atoms with E-state index in [1.807, 2.05) is 0 Å². The smallest absolute Gasteiger partial charge is 0.316 e. The Labute approximate surface area is 124 Å². The number of H-pyrrole nitrogens is 2. The Kier molecular flexibility index (Phi) is 3.14. The average molecular weight is 320 g/mol. The van der Waals surface area contributed by atoms with E-state index in [-0.39, 0.29) is 16.1 Å². The fourth-order valence-electron chi connectivity index (χ4n) is 2.05. The molecule has 0 radical (unpaired) electrons. The maximum Gasteiger partial charge on any atom is 0.323 e. The number of hydrogen-bond donors (Lipinski definition) is 3. The predicted octanol–water partition coefficient (Wildman–Crippen LogP) is 0.356. The molecule has 0 bridgehead atoms. The van der Waals surface area contributed by atoms with E-state index in [1.165, 1.54) is 48.1 Å². The van der Waals surface area contributed by atoms with Gasteiger partial charge in [0, 0.05) is 19.3 Å². The monoisotopic (exact) mass is 320 g/mol. The van der Waals surface area contributed by atoms with Crippen molar-refractivity contribution in [2.45, 2.75) is 4.90 Å². The number of imidazole rings is 1. The van der Waals surface area contributed by atoms with Crippen molar-refractivity contribution in [3.63, 3.8) is 0 Å². The molecule has 9 heteroatoms. The highest BCUT2D eigenvalue weighted by Crippen LogP contribution is 2.18. The number of anilines is 1. The van der Waals surface area contributed by atoms with Crippen LogP contribution in [-0.2, 0) is 17.1 Å². The predicted molar refractivity (Wildman–Crippen MR) is 81.4 cm³/mol. The maximum absolute atomic E-state index is 12.3. The van der Waals surface area contributed by atoms with E-state index in [2.05, 4.69) is 14.7 Å². The Bertz CT molecular complexity index is 1080. The van der Waals surface area contributed by atoms with E-state index in [0.717, 1.165) is 0 Å². The van der Waals surface area contributed by atoms with Gasteiger partial charge < -0.3 is 14.5 Å². The summed E-state index contributed by atoms with van der Waals surface area (Å²) in [7, 11) is -2.30. The number of benzene rings is 1. The summed E-state index contributed by atoms with van der Waals surface area (Å²) in [5.41, 5.74) is 0.536. The largest absolute Gasteiger partial charge is 0.323 e. The van der Waals surface area contributed by atoms with Crippen LogP contribution in [0.5, 0.6) is 0 Å². The molecule has 3 rings (SSSR count). The van der Waals surface area contributed by atoms with Gasteiger partial charge in [0.25, 0.3) is 10.0 Å². The van der Waals surface area contributed by atoms with Gasteiger partial charge in [-0.05, 0) is 24.3 Å². The van der Waals surface area contributed by atoms with Gasteiger partial charge in [-0.25, -0.2) is 13.2 Å². The lowest BCUT2D eigenvalue weighted by Gasteiger charge is -2.09. The normalized spacial score (nSPS) is 11.7. The summed E-state index contributed by atoms with van der Waals surface area (Å²) in [6.45, 7) is 0. The Morgan fingerprint density at radius 3 is 2.50 bits per heavy atom. The fourth-order valence-corrected chi connectivity index (χ4v) is 3.12. The first-order valence-corrected chi connectivity index (χ1v) is 7.75. The molecule has 1 aromatic carbocycles. The van der Waals surface area contributed by atoms with Crippen LogP contribution in [0.4, 0.5) is 5.69 Å². The summed E-state index contributed by atoms with van der Waals surface area (Å²) in [5.74, 6) is 0. The van der Waals surface area contributed by atoms with Gasteiger partial charge in [0.05, 0.1) is 21.6 Å². The zero-order chi connectivity index (χ0) is 15.9. The molecule has 0 aliphatic rings. The third-order valence-corrected chi connectivity index (χ3v) is 4.51. The molecule has 114 valence electrons. The van der Waals surface area contributed by atoms with Crippen LogP contribution in [0.2, 0.25) is 0 Å². The van der Waals surface area contributed by atoms with Crippen molar-refractivity contribution in [2.24, 2.45) is 7.05 Å². The van der Waals surface area contributed by atoms with Gasteiger partial charge >= 0.3 is 5.69 Å². The molecule has 0 spiro atoms. The number of hydrogen-bond acceptors (Lipinski definition) is 4. The van der Waals surface area contributed by atoms with Gasteiger partial charge in [-0.15, -0.1) is 0 Å². The van der Waals surface area contributed by atoms with Crippen molar-refractivity contribution in [1.82, 2.24) is 14.5 Å². The second kappa shape index (κ2) is 4.88. The van der Waals surface area contributed by atoms with E-state index >= 15 is 0 Å². The molecule has 0 atom stereocenters. The number of aryl methyl sites for hydroxylation is 1. The van der Waals surface area contributed by atoms with Crippen LogP contribution in [-0.4, -0.2) is 23.0 Å². The summed E-state index contributed by atoms with van der Waals surface area (Å²) < 4.78 is 28.3. The van der Waals surface area contributed by atoms with Crippen molar-refractivity contribution < 1.29 is 8.42 Å².